The summed E-state index contributed by atoms with van der Waals surface area (Å²) in [4.78, 5) is 26.1. The van der Waals surface area contributed by atoms with Crippen LogP contribution in [-0.2, 0) is 26.4 Å². The predicted octanol–water partition coefficient (Wildman–Crippen LogP) is 1.61. The number of aryl methyl sites for hydroxylation is 1. The molecule has 1 aromatic carbocycles. The number of fused-ring (bicyclic) bond motifs is 2. The van der Waals surface area contributed by atoms with Crippen LogP contribution in [0, 0.1) is 5.82 Å². The van der Waals surface area contributed by atoms with E-state index in [9.17, 15) is 14.0 Å². The Balaban J connectivity index is 1.50. The van der Waals surface area contributed by atoms with Crippen molar-refractivity contribution in [2.24, 2.45) is 7.05 Å². The number of aromatic amines is 1. The molecule has 6 nitrogen and oxygen atoms in total. The maximum Gasteiger partial charge on any atom is 0.318 e. The second-order valence-corrected chi connectivity index (χ2v) is 6.45. The third-order valence-electron chi connectivity index (χ3n) is 5.07. The van der Waals surface area contributed by atoms with Gasteiger partial charge in [-0.05, 0) is 36.5 Å². The Hall–Kier alpha value is -2.57. The Labute approximate surface area is 138 Å². The molecular weight excluding hydrogens is 311 g/mol. The van der Waals surface area contributed by atoms with Gasteiger partial charge in [-0.3, -0.25) is 14.6 Å². The fraction of sp³-hybridized carbons (Fsp3) is 0.412. The lowest BCUT2D eigenvalue weighted by Gasteiger charge is -2.28. The maximum atomic E-state index is 13.8. The van der Waals surface area contributed by atoms with E-state index in [0.717, 1.165) is 16.8 Å². The summed E-state index contributed by atoms with van der Waals surface area (Å²) in [6.07, 6.45) is 1.90. The first kappa shape index (κ1) is 15.0. The summed E-state index contributed by atoms with van der Waals surface area (Å²) >= 11 is 0. The summed E-state index contributed by atoms with van der Waals surface area (Å²) in [5, 5.41) is 5.74. The first-order valence-corrected chi connectivity index (χ1v) is 8.14. The summed E-state index contributed by atoms with van der Waals surface area (Å²) < 4.78 is 15.5. The monoisotopic (exact) mass is 330 g/mol. The molecule has 24 heavy (non-hydrogen) atoms. The van der Waals surface area contributed by atoms with E-state index in [-0.39, 0.29) is 23.4 Å². The van der Waals surface area contributed by atoms with Crippen molar-refractivity contribution in [2.45, 2.75) is 31.8 Å². The maximum absolute atomic E-state index is 13.8. The molecule has 0 bridgehead atoms. The van der Waals surface area contributed by atoms with Gasteiger partial charge in [0, 0.05) is 19.2 Å². The van der Waals surface area contributed by atoms with Gasteiger partial charge in [-0.2, -0.15) is 0 Å². The van der Waals surface area contributed by atoms with Crippen molar-refractivity contribution in [2.75, 3.05) is 6.54 Å². The van der Waals surface area contributed by atoms with E-state index in [4.69, 9.17) is 0 Å². The van der Waals surface area contributed by atoms with E-state index in [1.165, 1.54) is 6.07 Å². The number of halogens is 1. The predicted molar refractivity (Wildman–Crippen MR) is 86.1 cm³/mol. The van der Waals surface area contributed by atoms with Crippen LogP contribution in [0.5, 0.6) is 0 Å². The van der Waals surface area contributed by atoms with Gasteiger partial charge in [0.25, 0.3) is 5.56 Å². The van der Waals surface area contributed by atoms with Gasteiger partial charge in [-0.15, -0.1) is 0 Å². The van der Waals surface area contributed by atoms with Crippen molar-refractivity contribution in [1.29, 1.82) is 0 Å². The molecule has 7 heteroatoms. The zero-order valence-corrected chi connectivity index (χ0v) is 13.4. The molecule has 0 radical (unpaired) electrons. The lowest BCUT2D eigenvalue weighted by molar-refractivity contribution is 0.186. The number of carbonyl (C=O) groups excluding carboxylic acids is 1. The summed E-state index contributed by atoms with van der Waals surface area (Å²) in [5.74, 6) is -0.200. The molecule has 2 heterocycles. The lowest BCUT2D eigenvalue weighted by Crippen LogP contribution is -2.44. The van der Waals surface area contributed by atoms with Gasteiger partial charge in [-0.1, -0.05) is 12.1 Å². The molecule has 0 fully saturated rings. The number of amides is 2. The third kappa shape index (κ3) is 2.31. The van der Waals surface area contributed by atoms with Gasteiger partial charge < -0.3 is 10.2 Å². The SMILES string of the molecule is Cn1[nH]c(=O)c2c1CN(C(=O)NC1CCc3c(F)cccc31)CC2. The average Bonchev–Trinajstić information content (AvgIpc) is 3.10. The summed E-state index contributed by atoms with van der Waals surface area (Å²) in [6, 6.07) is 4.69. The first-order chi connectivity index (χ1) is 11.5. The largest absolute Gasteiger partial charge is 0.331 e. The second kappa shape index (κ2) is 5.51. The van der Waals surface area contributed by atoms with Crippen LogP contribution in [-0.4, -0.2) is 27.3 Å². The number of nitrogens with zero attached hydrogens (tertiary/aromatic N) is 2. The molecule has 1 aromatic heterocycles. The van der Waals surface area contributed by atoms with Crippen molar-refractivity contribution in [3.63, 3.8) is 0 Å². The number of aromatic nitrogens is 2. The molecule has 1 aliphatic heterocycles. The fourth-order valence-corrected chi connectivity index (χ4v) is 3.76. The molecule has 0 saturated carbocycles. The van der Waals surface area contributed by atoms with Crippen molar-refractivity contribution >= 4 is 6.03 Å². The topological polar surface area (TPSA) is 70.1 Å². The molecule has 1 unspecified atom stereocenters. The van der Waals surface area contributed by atoms with E-state index in [1.807, 2.05) is 6.07 Å². The summed E-state index contributed by atoms with van der Waals surface area (Å²) in [7, 11) is 1.78. The minimum absolute atomic E-state index is 0.0762. The van der Waals surface area contributed by atoms with Crippen molar-refractivity contribution < 1.29 is 9.18 Å². The minimum Gasteiger partial charge on any atom is -0.331 e. The first-order valence-electron chi connectivity index (χ1n) is 8.14. The van der Waals surface area contributed by atoms with Gasteiger partial charge in [0.2, 0.25) is 0 Å². The van der Waals surface area contributed by atoms with E-state index >= 15 is 0 Å². The average molecular weight is 330 g/mol. The Morgan fingerprint density at radius 1 is 1.33 bits per heavy atom. The highest BCUT2D eigenvalue weighted by atomic mass is 19.1. The number of benzene rings is 1. The number of carbonyl (C=O) groups is 1. The molecule has 1 atom stereocenters. The van der Waals surface area contributed by atoms with E-state index in [2.05, 4.69) is 10.4 Å². The standard InChI is InChI=1S/C17H19FN4O2/c1-21-15-9-22(8-7-12(15)16(23)20-21)17(24)19-14-6-5-10-11(14)3-2-4-13(10)18/h2-4,14H,5-9H2,1H3,(H,19,24)(H,20,23). The Morgan fingerprint density at radius 3 is 3.00 bits per heavy atom. The Morgan fingerprint density at radius 2 is 2.17 bits per heavy atom. The number of hydrogen-bond acceptors (Lipinski definition) is 2. The molecule has 2 aliphatic rings. The van der Waals surface area contributed by atoms with Gasteiger partial charge in [0.15, 0.2) is 0 Å². The van der Waals surface area contributed by atoms with Crippen LogP contribution >= 0.6 is 0 Å². The summed E-state index contributed by atoms with van der Waals surface area (Å²) in [6.45, 7) is 0.911. The van der Waals surface area contributed by atoms with Crippen LogP contribution < -0.4 is 10.9 Å². The highest BCUT2D eigenvalue weighted by molar-refractivity contribution is 5.75. The van der Waals surface area contributed by atoms with Crippen LogP contribution in [0.4, 0.5) is 9.18 Å². The molecule has 1 aliphatic carbocycles. The van der Waals surface area contributed by atoms with E-state index in [1.54, 1.807) is 22.7 Å². The van der Waals surface area contributed by atoms with Crippen LogP contribution in [0.15, 0.2) is 23.0 Å². The number of H-pyrrole nitrogens is 1. The van der Waals surface area contributed by atoms with E-state index in [0.29, 0.717) is 37.9 Å². The molecule has 2 N–H and O–H groups in total. The van der Waals surface area contributed by atoms with Crippen molar-refractivity contribution in [3.8, 4) is 0 Å². The normalized spacial score (nSPS) is 19.1. The molecule has 0 saturated heterocycles. The molecule has 4 rings (SSSR count). The van der Waals surface area contributed by atoms with Gasteiger partial charge in [0.1, 0.15) is 5.82 Å². The third-order valence-corrected chi connectivity index (χ3v) is 5.07. The van der Waals surface area contributed by atoms with Gasteiger partial charge in [0.05, 0.1) is 18.3 Å². The van der Waals surface area contributed by atoms with Gasteiger partial charge >= 0.3 is 6.03 Å². The number of rotatable bonds is 1. The van der Waals surface area contributed by atoms with E-state index < -0.39 is 0 Å². The molecule has 126 valence electrons. The highest BCUT2D eigenvalue weighted by Gasteiger charge is 2.30. The van der Waals surface area contributed by atoms with Crippen LogP contribution in [0.1, 0.15) is 34.8 Å². The van der Waals surface area contributed by atoms with Gasteiger partial charge in [-0.25, -0.2) is 9.18 Å². The van der Waals surface area contributed by atoms with Crippen molar-refractivity contribution in [1.82, 2.24) is 20.0 Å². The number of nitrogens with one attached hydrogen (secondary N) is 2. The fourth-order valence-electron chi connectivity index (χ4n) is 3.76. The molecular formula is C17H19FN4O2. The Bertz CT molecular complexity index is 870. The van der Waals surface area contributed by atoms with Crippen LogP contribution in [0.2, 0.25) is 0 Å². The molecule has 2 amide bonds. The van der Waals surface area contributed by atoms with Crippen LogP contribution in [0.3, 0.4) is 0 Å². The quantitative estimate of drug-likeness (QED) is 0.834. The van der Waals surface area contributed by atoms with Crippen LogP contribution in [0.25, 0.3) is 0 Å². The second-order valence-electron chi connectivity index (χ2n) is 6.45. The Kier molecular flexibility index (Phi) is 3.44. The zero-order valence-electron chi connectivity index (χ0n) is 13.4. The summed E-state index contributed by atoms with van der Waals surface area (Å²) in [5.41, 5.74) is 3.11. The smallest absolute Gasteiger partial charge is 0.318 e. The van der Waals surface area contributed by atoms with Crippen molar-refractivity contribution in [3.05, 3.63) is 56.8 Å². The number of urea groups is 1. The molecule has 0 spiro atoms. The lowest BCUT2D eigenvalue weighted by atomic mass is 10.1. The minimum atomic E-state index is -0.200. The zero-order chi connectivity index (χ0) is 16.8. The highest BCUT2D eigenvalue weighted by Crippen LogP contribution is 2.32. The molecule has 2 aromatic rings. The number of hydrogen-bond donors (Lipinski definition) is 2.